The smallest absolute Gasteiger partial charge is 0.858 e. The summed E-state index contributed by atoms with van der Waals surface area (Å²) in [6.07, 6.45) is 3.60. The zero-order valence-corrected chi connectivity index (χ0v) is 50.0. The quantitative estimate of drug-likeness (QED) is 0.0438. The number of para-hydroxylation sites is 2. The van der Waals surface area contributed by atoms with E-state index in [1.165, 1.54) is 32.0 Å². The summed E-state index contributed by atoms with van der Waals surface area (Å²) in [6.45, 7) is 3.48. The third kappa shape index (κ3) is 15.0. The van der Waals surface area contributed by atoms with Gasteiger partial charge in [-0.1, -0.05) is 120 Å². The van der Waals surface area contributed by atoms with Gasteiger partial charge in [-0.25, -0.2) is 20.2 Å². The number of rotatable bonds is 10. The maximum absolute atomic E-state index is 13.2. The first kappa shape index (κ1) is 60.3. The molecule has 6 heterocycles. The second kappa shape index (κ2) is 29.7. The van der Waals surface area contributed by atoms with Crippen molar-refractivity contribution in [2.75, 3.05) is 14.2 Å². The van der Waals surface area contributed by atoms with Crippen LogP contribution in [0.1, 0.15) is 53.0 Å². The number of benzene rings is 5. The molecule has 4 N–H and O–H groups in total. The van der Waals surface area contributed by atoms with Crippen LogP contribution in [-0.2, 0) is 27.3 Å². The molecule has 16 nitrogen and oxygen atoms in total. The van der Waals surface area contributed by atoms with Crippen molar-refractivity contribution in [1.29, 1.82) is 0 Å². The van der Waals surface area contributed by atoms with Crippen LogP contribution < -0.4 is 21.1 Å². The van der Waals surface area contributed by atoms with Gasteiger partial charge in [0.15, 0.2) is 0 Å². The molecule has 2 amide bonds. The summed E-state index contributed by atoms with van der Waals surface area (Å²) in [4.78, 5) is 34.5. The largest absolute Gasteiger partial charge is 2.00 e. The molecule has 394 valence electrons. The Morgan fingerprint density at radius 2 is 0.873 bits per heavy atom. The Morgan fingerprint density at radius 1 is 0.506 bits per heavy atom. The second-order valence-corrected chi connectivity index (χ2v) is 18.8. The number of aromatic nitrogens is 6. The summed E-state index contributed by atoms with van der Waals surface area (Å²) in [5.74, 6) is -1.34. The minimum atomic E-state index is -0.350. The van der Waals surface area contributed by atoms with E-state index >= 15 is 0 Å². The van der Waals surface area contributed by atoms with Gasteiger partial charge in [0.2, 0.25) is 0 Å². The molecule has 0 saturated carbocycles. The molecule has 0 aliphatic heterocycles. The van der Waals surface area contributed by atoms with E-state index in [4.69, 9.17) is 33.4 Å². The number of amides is 2. The van der Waals surface area contributed by atoms with Crippen LogP contribution >= 0.6 is 45.9 Å². The molecule has 11 aromatic rings. The van der Waals surface area contributed by atoms with Gasteiger partial charge < -0.3 is 20.4 Å². The summed E-state index contributed by atoms with van der Waals surface area (Å²) < 4.78 is 2.66. The molecule has 0 aliphatic carbocycles. The molecular formula is C58H48CdCl2N10O6S2. The monoisotopic (exact) mass is 1230 g/mol. The molecule has 0 aliphatic rings. The number of pyridine rings is 2. The van der Waals surface area contributed by atoms with Crippen LogP contribution in [0, 0.1) is 13.8 Å². The van der Waals surface area contributed by atoms with Crippen LogP contribution in [0.25, 0.3) is 33.2 Å². The maximum Gasteiger partial charge on any atom is 2.00 e. The van der Waals surface area contributed by atoms with Gasteiger partial charge in [-0.15, -0.1) is 22.7 Å². The first-order valence-electron chi connectivity index (χ1n) is 23.5. The van der Waals surface area contributed by atoms with Gasteiger partial charge in [-0.05, 0) is 97.4 Å². The number of fused-ring (bicyclic) bond motifs is 3. The standard InChI is InChI=1S/2C22H17ClN4O2S.C12H8N2.2CH4O.Cd/c2*1-14-19(22(29)27(26-14)17-6-3-2-4-7-17)20(15-9-11-16(23)12-10-15)24-25-21(28)18-8-5-13-30-18;1-3-9-5-6-10-4-2-8-14-12(10)11(9)13-7-1;2*1-2;/h2*2-13,29H,1H3,(H,25,28);1-8H;2*2H,1H3;/q;;;;;+2/p-2/b2*24-20-;;;;. The van der Waals surface area contributed by atoms with E-state index in [-0.39, 0.29) is 50.9 Å². The number of aliphatic hydroxyl groups excluding tert-OH is 2. The maximum atomic E-state index is 13.2. The van der Waals surface area contributed by atoms with E-state index < -0.39 is 0 Å². The van der Waals surface area contributed by atoms with Crippen LogP contribution in [0.15, 0.2) is 203 Å². The van der Waals surface area contributed by atoms with Crippen LogP contribution in [0.4, 0.5) is 0 Å². The van der Waals surface area contributed by atoms with E-state index in [0.717, 1.165) is 36.0 Å². The summed E-state index contributed by atoms with van der Waals surface area (Å²) >= 11 is 14.6. The van der Waals surface area contributed by atoms with E-state index in [1.807, 2.05) is 59.3 Å². The summed E-state index contributed by atoms with van der Waals surface area (Å²) in [6, 6.07) is 51.2. The van der Waals surface area contributed by atoms with Gasteiger partial charge >= 0.3 is 27.3 Å². The van der Waals surface area contributed by atoms with Gasteiger partial charge in [-0.2, -0.15) is 20.4 Å². The number of nitrogens with one attached hydrogen (secondary N) is 2. The Morgan fingerprint density at radius 3 is 1.22 bits per heavy atom. The van der Waals surface area contributed by atoms with Crippen molar-refractivity contribution in [3.05, 3.63) is 246 Å². The fourth-order valence-corrected chi connectivity index (χ4v) is 9.09. The van der Waals surface area contributed by atoms with E-state index in [0.29, 0.717) is 76.2 Å². The Labute approximate surface area is 492 Å². The van der Waals surface area contributed by atoms with Gasteiger partial charge in [0.25, 0.3) is 11.8 Å². The molecule has 0 spiro atoms. The van der Waals surface area contributed by atoms with Crippen molar-refractivity contribution in [2.45, 2.75) is 13.8 Å². The molecule has 11 rings (SSSR count). The Balaban J connectivity index is 0.000000194. The predicted octanol–water partition coefficient (Wildman–Crippen LogP) is 10.3. The SMILES string of the molecule is CO.CO.Cc1nn(-c2ccccc2)c([O-])c1/C(=N\NC(=O)c1cccs1)c1ccc(Cl)cc1.Cc1nn(-c2ccccc2)c([O-])c1/C(=N\NC(=O)c1cccs1)c1ccc(Cl)cc1.[Cd+2].c1cnc2c(c1)ccc1cccnc12. The number of carbonyl (C=O) groups excluding carboxylic acids is 2. The summed E-state index contributed by atoms with van der Waals surface area (Å²) in [5, 5.41) is 64.9. The van der Waals surface area contributed by atoms with E-state index in [2.05, 4.69) is 65.5 Å². The molecule has 0 saturated heterocycles. The fraction of sp³-hybridized carbons (Fsp3) is 0.0690. The fourth-order valence-electron chi connectivity index (χ4n) is 7.61. The number of nitrogens with zero attached hydrogens (tertiary/aromatic N) is 8. The van der Waals surface area contributed by atoms with Crippen LogP contribution in [0.3, 0.4) is 0 Å². The first-order valence-corrected chi connectivity index (χ1v) is 26.0. The molecular weight excluding hydrogens is 1180 g/mol. The van der Waals surface area contributed by atoms with Crippen molar-refractivity contribution in [1.82, 2.24) is 40.4 Å². The third-order valence-corrected chi connectivity index (χ3v) is 13.4. The van der Waals surface area contributed by atoms with Crippen LogP contribution in [0.5, 0.6) is 11.8 Å². The summed E-state index contributed by atoms with van der Waals surface area (Å²) in [5.41, 5.74) is 11.9. The third-order valence-electron chi connectivity index (χ3n) is 11.1. The minimum Gasteiger partial charge on any atom is -0.858 e. The molecule has 0 radical (unpaired) electrons. The van der Waals surface area contributed by atoms with Crippen molar-refractivity contribution in [3.8, 4) is 23.1 Å². The molecule has 0 atom stereocenters. The minimum absolute atomic E-state index is 0. The number of hydrogen-bond donors (Lipinski definition) is 4. The van der Waals surface area contributed by atoms with Crippen LogP contribution in [0.2, 0.25) is 10.0 Å². The first-order chi connectivity index (χ1) is 38.0. The number of aryl methyl sites for hydroxylation is 2. The Hall–Kier alpha value is -7.96. The number of halogens is 2. The van der Waals surface area contributed by atoms with E-state index in [1.54, 1.807) is 123 Å². The summed E-state index contributed by atoms with van der Waals surface area (Å²) in [7, 11) is 2.00. The van der Waals surface area contributed by atoms with Gasteiger partial charge in [0, 0.05) is 81.4 Å². The average molecular weight is 1230 g/mol. The average Bonchev–Trinajstić information content (AvgIpc) is 4.34. The Kier molecular flexibility index (Phi) is 22.7. The molecule has 5 aromatic carbocycles. The predicted molar refractivity (Wildman–Crippen MR) is 307 cm³/mol. The van der Waals surface area contributed by atoms with Crippen molar-refractivity contribution >= 4 is 90.9 Å². The second-order valence-electron chi connectivity index (χ2n) is 16.0. The molecule has 0 fully saturated rings. The van der Waals surface area contributed by atoms with Crippen molar-refractivity contribution in [3.63, 3.8) is 0 Å². The number of aliphatic hydroxyl groups is 2. The normalized spacial score (nSPS) is 10.8. The topological polar surface area (TPSA) is 231 Å². The number of carbonyl (C=O) groups is 2. The van der Waals surface area contributed by atoms with Gasteiger partial charge in [0.05, 0.1) is 43.6 Å². The zero-order chi connectivity index (χ0) is 55.6. The van der Waals surface area contributed by atoms with Crippen molar-refractivity contribution in [2.24, 2.45) is 10.2 Å². The van der Waals surface area contributed by atoms with Crippen molar-refractivity contribution < 1.29 is 57.3 Å². The number of thiophene rings is 2. The molecule has 21 heteroatoms. The number of hydrazone groups is 2. The van der Waals surface area contributed by atoms with Gasteiger partial charge in [-0.3, -0.25) is 19.6 Å². The van der Waals surface area contributed by atoms with Gasteiger partial charge in [0.1, 0.15) is 11.4 Å². The Bertz CT molecular complexity index is 3540. The number of hydrogen-bond acceptors (Lipinski definition) is 14. The molecule has 6 aromatic heterocycles. The zero-order valence-electron chi connectivity index (χ0n) is 42.9. The van der Waals surface area contributed by atoms with E-state index in [9.17, 15) is 19.8 Å². The molecule has 79 heavy (non-hydrogen) atoms. The molecule has 0 unspecified atom stereocenters. The molecule has 0 bridgehead atoms. The van der Waals surface area contributed by atoms with Crippen LogP contribution in [-0.4, -0.2) is 77.2 Å².